The van der Waals surface area contributed by atoms with Gasteiger partial charge in [0.15, 0.2) is 0 Å². The highest BCUT2D eigenvalue weighted by molar-refractivity contribution is 5.78. The van der Waals surface area contributed by atoms with Crippen LogP contribution < -0.4 is 5.32 Å². The largest absolute Gasteiger partial charge is 0.383 e. The van der Waals surface area contributed by atoms with Crippen molar-refractivity contribution in [2.45, 2.75) is 25.5 Å². The lowest BCUT2D eigenvalue weighted by Crippen LogP contribution is -2.33. The van der Waals surface area contributed by atoms with Crippen LogP contribution in [0.1, 0.15) is 23.1 Å². The van der Waals surface area contributed by atoms with Gasteiger partial charge in [-0.1, -0.05) is 6.07 Å². The number of pyridine rings is 1. The fraction of sp³-hybridized carbons (Fsp3) is 0.471. The van der Waals surface area contributed by atoms with Crippen LogP contribution in [0.3, 0.4) is 0 Å². The Labute approximate surface area is 141 Å². The Bertz CT molecular complexity index is 672. The summed E-state index contributed by atoms with van der Waals surface area (Å²) in [5.74, 6) is -0.0664. The number of hydrogen-bond donors (Lipinski definition) is 1. The Morgan fingerprint density at radius 1 is 1.50 bits per heavy atom. The van der Waals surface area contributed by atoms with Crippen molar-refractivity contribution in [2.24, 2.45) is 0 Å². The van der Waals surface area contributed by atoms with Gasteiger partial charge in [-0.2, -0.15) is 5.10 Å². The molecule has 128 valence electrons. The molecular weight excluding hydrogens is 308 g/mol. The molecule has 1 atom stereocenters. The van der Waals surface area contributed by atoms with Gasteiger partial charge in [0.2, 0.25) is 5.91 Å². The summed E-state index contributed by atoms with van der Waals surface area (Å²) in [4.78, 5) is 16.2. The zero-order valence-corrected chi connectivity index (χ0v) is 13.8. The molecule has 2 aromatic rings. The van der Waals surface area contributed by atoms with Crippen LogP contribution in [0.2, 0.25) is 0 Å². The highest BCUT2D eigenvalue weighted by Gasteiger charge is 2.25. The maximum Gasteiger partial charge on any atom is 0.226 e. The molecule has 1 amide bonds. The minimum atomic E-state index is -0.203. The zero-order valence-electron chi connectivity index (χ0n) is 13.8. The van der Waals surface area contributed by atoms with Crippen LogP contribution >= 0.6 is 0 Å². The average molecular weight is 330 g/mol. The monoisotopic (exact) mass is 330 g/mol. The maximum absolute atomic E-state index is 12.1. The van der Waals surface area contributed by atoms with Crippen molar-refractivity contribution in [3.8, 4) is 0 Å². The Morgan fingerprint density at radius 2 is 2.42 bits per heavy atom. The minimum Gasteiger partial charge on any atom is -0.383 e. The van der Waals surface area contributed by atoms with Crippen molar-refractivity contribution in [1.82, 2.24) is 20.1 Å². The number of carbonyl (C=O) groups excluding carboxylic acids is 1. The first kappa shape index (κ1) is 16.6. The lowest BCUT2D eigenvalue weighted by atomic mass is 10.1. The third-order valence-electron chi connectivity index (χ3n) is 3.94. The molecule has 0 aliphatic carbocycles. The number of nitrogens with one attached hydrogen (secondary N) is 1. The number of aromatic nitrogens is 3. The van der Waals surface area contributed by atoms with Gasteiger partial charge >= 0.3 is 0 Å². The number of methoxy groups -OCH3 is 1. The van der Waals surface area contributed by atoms with E-state index in [-0.39, 0.29) is 18.4 Å². The van der Waals surface area contributed by atoms with E-state index in [9.17, 15) is 4.79 Å². The third kappa shape index (κ3) is 4.18. The molecule has 7 heteroatoms. The van der Waals surface area contributed by atoms with Gasteiger partial charge in [-0.25, -0.2) is 0 Å². The van der Waals surface area contributed by atoms with E-state index in [4.69, 9.17) is 9.47 Å². The van der Waals surface area contributed by atoms with E-state index < -0.39 is 0 Å². The lowest BCUT2D eigenvalue weighted by Gasteiger charge is -2.22. The summed E-state index contributed by atoms with van der Waals surface area (Å²) in [6.45, 7) is 2.39. The van der Waals surface area contributed by atoms with E-state index in [1.54, 1.807) is 13.3 Å². The first-order valence-corrected chi connectivity index (χ1v) is 8.09. The topological polar surface area (TPSA) is 78.3 Å². The summed E-state index contributed by atoms with van der Waals surface area (Å²) in [6.07, 6.45) is 4.64. The van der Waals surface area contributed by atoms with Crippen molar-refractivity contribution in [3.05, 3.63) is 47.5 Å². The highest BCUT2D eigenvalue weighted by atomic mass is 16.5. The molecule has 3 heterocycles. The van der Waals surface area contributed by atoms with Gasteiger partial charge in [0.05, 0.1) is 31.9 Å². The molecule has 2 aromatic heterocycles. The van der Waals surface area contributed by atoms with Gasteiger partial charge in [0.25, 0.3) is 0 Å². The molecule has 0 bridgehead atoms. The van der Waals surface area contributed by atoms with Crippen LogP contribution in [0.25, 0.3) is 0 Å². The minimum absolute atomic E-state index is 0.0664. The molecule has 0 spiro atoms. The predicted octanol–water partition coefficient (Wildman–Crippen LogP) is 0.897. The summed E-state index contributed by atoms with van der Waals surface area (Å²) in [6, 6.07) is 5.55. The normalized spacial score (nSPS) is 16.6. The number of hydrogen-bond acceptors (Lipinski definition) is 5. The molecular formula is C17H22N4O3. The first-order valence-electron chi connectivity index (χ1n) is 8.09. The SMILES string of the molecule is COCCn1cc2c(n1)[C@@H](CNC(=O)Cc1ccccn1)OCC2. The van der Waals surface area contributed by atoms with Gasteiger partial charge in [-0.15, -0.1) is 0 Å². The van der Waals surface area contributed by atoms with Crippen LogP contribution in [0, 0.1) is 0 Å². The number of ether oxygens (including phenoxy) is 2. The van der Waals surface area contributed by atoms with Gasteiger partial charge in [0, 0.05) is 31.7 Å². The van der Waals surface area contributed by atoms with Crippen LogP contribution in [-0.4, -0.2) is 47.5 Å². The number of carbonyl (C=O) groups is 1. The molecule has 0 aromatic carbocycles. The van der Waals surface area contributed by atoms with Crippen LogP contribution in [0.15, 0.2) is 30.6 Å². The molecule has 7 nitrogen and oxygen atoms in total. The Morgan fingerprint density at radius 3 is 3.21 bits per heavy atom. The molecule has 3 rings (SSSR count). The van der Waals surface area contributed by atoms with E-state index in [0.717, 1.165) is 17.8 Å². The first-order chi connectivity index (χ1) is 11.8. The van der Waals surface area contributed by atoms with E-state index in [1.807, 2.05) is 29.1 Å². The highest BCUT2D eigenvalue weighted by Crippen LogP contribution is 2.25. The molecule has 24 heavy (non-hydrogen) atoms. The molecule has 0 radical (unpaired) electrons. The summed E-state index contributed by atoms with van der Waals surface area (Å²) in [5, 5.41) is 7.50. The van der Waals surface area contributed by atoms with Crippen LogP contribution in [-0.2, 0) is 33.7 Å². The second-order valence-corrected chi connectivity index (χ2v) is 5.71. The number of fused-ring (bicyclic) bond motifs is 1. The zero-order chi connectivity index (χ0) is 16.8. The summed E-state index contributed by atoms with van der Waals surface area (Å²) in [7, 11) is 1.67. The van der Waals surface area contributed by atoms with E-state index in [1.165, 1.54) is 5.56 Å². The maximum atomic E-state index is 12.1. The van der Waals surface area contributed by atoms with Crippen molar-refractivity contribution in [1.29, 1.82) is 0 Å². The molecule has 1 aliphatic heterocycles. The van der Waals surface area contributed by atoms with E-state index >= 15 is 0 Å². The Kier molecular flexibility index (Phi) is 5.55. The lowest BCUT2D eigenvalue weighted by molar-refractivity contribution is -0.121. The quantitative estimate of drug-likeness (QED) is 0.816. The molecule has 0 fully saturated rings. The molecule has 0 unspecified atom stereocenters. The van der Waals surface area contributed by atoms with Gasteiger partial charge < -0.3 is 14.8 Å². The summed E-state index contributed by atoms with van der Waals surface area (Å²) >= 11 is 0. The number of rotatable bonds is 7. The second-order valence-electron chi connectivity index (χ2n) is 5.71. The fourth-order valence-corrected chi connectivity index (χ4v) is 2.72. The summed E-state index contributed by atoms with van der Waals surface area (Å²) in [5.41, 5.74) is 2.85. The third-order valence-corrected chi connectivity index (χ3v) is 3.94. The van der Waals surface area contributed by atoms with Crippen molar-refractivity contribution >= 4 is 5.91 Å². The van der Waals surface area contributed by atoms with Crippen molar-refractivity contribution in [3.63, 3.8) is 0 Å². The summed E-state index contributed by atoms with van der Waals surface area (Å²) < 4.78 is 12.8. The Balaban J connectivity index is 1.56. The molecule has 1 N–H and O–H groups in total. The molecule has 0 saturated heterocycles. The van der Waals surface area contributed by atoms with Gasteiger partial charge in [0.1, 0.15) is 6.10 Å². The predicted molar refractivity (Wildman–Crippen MR) is 87.5 cm³/mol. The smallest absolute Gasteiger partial charge is 0.226 e. The van der Waals surface area contributed by atoms with Gasteiger partial charge in [-0.05, 0) is 24.1 Å². The van der Waals surface area contributed by atoms with Gasteiger partial charge in [-0.3, -0.25) is 14.5 Å². The van der Waals surface area contributed by atoms with E-state index in [0.29, 0.717) is 26.3 Å². The number of nitrogens with zero attached hydrogens (tertiary/aromatic N) is 3. The average Bonchev–Trinajstić information content (AvgIpc) is 3.02. The van der Waals surface area contributed by atoms with Crippen LogP contribution in [0.4, 0.5) is 0 Å². The molecule has 1 aliphatic rings. The standard InChI is InChI=1S/C17H22N4O3/c1-23-9-7-21-12-13-5-8-24-15(17(13)20-21)11-19-16(22)10-14-4-2-3-6-18-14/h2-4,6,12,15H,5,7-11H2,1H3,(H,19,22)/t15-/m1/s1. The second kappa shape index (κ2) is 8.03. The number of amides is 1. The molecule has 0 saturated carbocycles. The Hall–Kier alpha value is -2.25. The van der Waals surface area contributed by atoms with Crippen molar-refractivity contribution in [2.75, 3.05) is 26.9 Å². The van der Waals surface area contributed by atoms with Crippen molar-refractivity contribution < 1.29 is 14.3 Å². The van der Waals surface area contributed by atoms with E-state index in [2.05, 4.69) is 15.4 Å². The fourth-order valence-electron chi connectivity index (χ4n) is 2.72. The van der Waals surface area contributed by atoms with Crippen LogP contribution in [0.5, 0.6) is 0 Å².